The number of benzene rings is 1. The number of halogens is 1. The largest absolute Gasteiger partial charge is 0.492 e. The van der Waals surface area contributed by atoms with Gasteiger partial charge < -0.3 is 4.74 Å². The van der Waals surface area contributed by atoms with Gasteiger partial charge in [0.2, 0.25) is 0 Å². The Balaban J connectivity index is 2.28. The Bertz CT molecular complexity index is 399. The maximum atomic E-state index is 9.21. The monoisotopic (exact) mass is 221 g/mol. The van der Waals surface area contributed by atoms with Gasteiger partial charge in [-0.2, -0.15) is 5.26 Å². The summed E-state index contributed by atoms with van der Waals surface area (Å²) < 4.78 is 5.60. The molecular formula is C12H12ClNO. The Morgan fingerprint density at radius 1 is 1.47 bits per heavy atom. The van der Waals surface area contributed by atoms with E-state index in [1.165, 1.54) is 0 Å². The van der Waals surface area contributed by atoms with E-state index >= 15 is 0 Å². The van der Waals surface area contributed by atoms with Gasteiger partial charge in [0.25, 0.3) is 0 Å². The van der Waals surface area contributed by atoms with Crippen molar-refractivity contribution >= 4 is 11.6 Å². The van der Waals surface area contributed by atoms with Gasteiger partial charge in [-0.3, -0.25) is 0 Å². The summed E-state index contributed by atoms with van der Waals surface area (Å²) in [6.07, 6.45) is 1.42. The van der Waals surface area contributed by atoms with Crippen LogP contribution >= 0.6 is 11.6 Å². The number of ether oxygens (including phenoxy) is 1. The maximum absolute atomic E-state index is 9.21. The second-order valence-corrected chi connectivity index (χ2v) is 4.28. The molecule has 15 heavy (non-hydrogen) atoms. The lowest BCUT2D eigenvalue weighted by atomic mass is 9.79. The fourth-order valence-electron chi connectivity index (χ4n) is 1.89. The molecule has 1 atom stereocenters. The molecule has 0 saturated carbocycles. The number of nitriles is 1. The zero-order valence-electron chi connectivity index (χ0n) is 8.37. The standard InChI is InChI=1S/C12H12ClNO/c13-6-5-12(8-14)7-10-3-1-2-4-11(10)15-9-12/h1-4H,5-7,9H2. The second kappa shape index (κ2) is 4.12. The van der Waals surface area contributed by atoms with Gasteiger partial charge in [0.15, 0.2) is 0 Å². The Morgan fingerprint density at radius 3 is 3.00 bits per heavy atom. The predicted molar refractivity (Wildman–Crippen MR) is 59.0 cm³/mol. The van der Waals surface area contributed by atoms with Crippen LogP contribution < -0.4 is 4.74 Å². The number of hydrogen-bond donors (Lipinski definition) is 0. The van der Waals surface area contributed by atoms with Crippen molar-refractivity contribution in [3.63, 3.8) is 0 Å². The maximum Gasteiger partial charge on any atom is 0.122 e. The molecule has 1 aliphatic heterocycles. The number of alkyl halides is 1. The average Bonchev–Trinajstić information content (AvgIpc) is 2.29. The zero-order valence-corrected chi connectivity index (χ0v) is 9.13. The normalized spacial score (nSPS) is 23.7. The van der Waals surface area contributed by atoms with E-state index in [4.69, 9.17) is 16.3 Å². The minimum atomic E-state index is -0.434. The van der Waals surface area contributed by atoms with Crippen LogP contribution in [0, 0.1) is 16.7 Å². The van der Waals surface area contributed by atoms with Crippen LogP contribution in [0.4, 0.5) is 0 Å². The topological polar surface area (TPSA) is 33.0 Å². The molecule has 0 amide bonds. The first-order chi connectivity index (χ1) is 7.29. The second-order valence-electron chi connectivity index (χ2n) is 3.90. The predicted octanol–water partition coefficient (Wildman–Crippen LogP) is 2.76. The molecule has 1 heterocycles. The van der Waals surface area contributed by atoms with E-state index in [0.717, 1.165) is 17.7 Å². The first-order valence-corrected chi connectivity index (χ1v) is 5.51. The van der Waals surface area contributed by atoms with Gasteiger partial charge in [0.1, 0.15) is 12.4 Å². The molecule has 78 valence electrons. The van der Waals surface area contributed by atoms with Crippen LogP contribution in [0.2, 0.25) is 0 Å². The highest BCUT2D eigenvalue weighted by Gasteiger charge is 2.35. The molecule has 0 fully saturated rings. The molecule has 1 aromatic carbocycles. The van der Waals surface area contributed by atoms with E-state index < -0.39 is 5.41 Å². The van der Waals surface area contributed by atoms with E-state index in [2.05, 4.69) is 6.07 Å². The fourth-order valence-corrected chi connectivity index (χ4v) is 2.25. The van der Waals surface area contributed by atoms with E-state index in [9.17, 15) is 5.26 Å². The molecule has 0 N–H and O–H groups in total. The lowest BCUT2D eigenvalue weighted by Crippen LogP contribution is -2.33. The van der Waals surface area contributed by atoms with Gasteiger partial charge in [-0.15, -0.1) is 11.6 Å². The molecule has 2 rings (SSSR count). The van der Waals surface area contributed by atoms with Gasteiger partial charge in [-0.05, 0) is 24.5 Å². The molecule has 0 radical (unpaired) electrons. The van der Waals surface area contributed by atoms with Crippen LogP contribution in [-0.4, -0.2) is 12.5 Å². The Hall–Kier alpha value is -1.20. The van der Waals surface area contributed by atoms with Crippen molar-refractivity contribution < 1.29 is 4.74 Å². The van der Waals surface area contributed by atoms with Crippen molar-refractivity contribution in [1.29, 1.82) is 5.26 Å². The van der Waals surface area contributed by atoms with Crippen LogP contribution in [0.3, 0.4) is 0 Å². The number of para-hydroxylation sites is 1. The Kier molecular flexibility index (Phi) is 2.83. The van der Waals surface area contributed by atoms with Crippen molar-refractivity contribution in [2.45, 2.75) is 12.8 Å². The smallest absolute Gasteiger partial charge is 0.122 e. The number of rotatable bonds is 2. The van der Waals surface area contributed by atoms with Crippen molar-refractivity contribution in [1.82, 2.24) is 0 Å². The molecule has 0 bridgehead atoms. The highest BCUT2D eigenvalue weighted by molar-refractivity contribution is 6.17. The molecule has 1 unspecified atom stereocenters. The third-order valence-electron chi connectivity index (χ3n) is 2.82. The lowest BCUT2D eigenvalue weighted by Gasteiger charge is -2.31. The zero-order chi connectivity index (χ0) is 10.7. The summed E-state index contributed by atoms with van der Waals surface area (Å²) >= 11 is 5.72. The molecule has 2 nitrogen and oxygen atoms in total. The number of hydrogen-bond acceptors (Lipinski definition) is 2. The summed E-state index contributed by atoms with van der Waals surface area (Å²) in [7, 11) is 0. The highest BCUT2D eigenvalue weighted by atomic mass is 35.5. The summed E-state index contributed by atoms with van der Waals surface area (Å²) in [4.78, 5) is 0. The quantitative estimate of drug-likeness (QED) is 0.720. The molecule has 0 aromatic heterocycles. The van der Waals surface area contributed by atoms with Crippen molar-refractivity contribution in [3.8, 4) is 11.8 Å². The molecule has 3 heteroatoms. The van der Waals surface area contributed by atoms with E-state index in [-0.39, 0.29) is 0 Å². The molecule has 0 aliphatic carbocycles. The minimum absolute atomic E-state index is 0.434. The van der Waals surface area contributed by atoms with Gasteiger partial charge >= 0.3 is 0 Å². The molecule has 0 saturated heterocycles. The van der Waals surface area contributed by atoms with Gasteiger partial charge in [-0.25, -0.2) is 0 Å². The first-order valence-electron chi connectivity index (χ1n) is 4.98. The van der Waals surface area contributed by atoms with Gasteiger partial charge in [0, 0.05) is 5.88 Å². The van der Waals surface area contributed by atoms with E-state index in [0.29, 0.717) is 18.9 Å². The van der Waals surface area contributed by atoms with Crippen molar-refractivity contribution in [2.24, 2.45) is 5.41 Å². The van der Waals surface area contributed by atoms with Crippen LogP contribution in [0.5, 0.6) is 5.75 Å². The van der Waals surface area contributed by atoms with Crippen molar-refractivity contribution in [2.75, 3.05) is 12.5 Å². The van der Waals surface area contributed by atoms with Gasteiger partial charge in [0.05, 0.1) is 11.5 Å². The third kappa shape index (κ3) is 1.93. The summed E-state index contributed by atoms with van der Waals surface area (Å²) in [6.45, 7) is 0.452. The van der Waals surface area contributed by atoms with Crippen LogP contribution in [0.15, 0.2) is 24.3 Å². The molecule has 1 aromatic rings. The fraction of sp³-hybridized carbons (Fsp3) is 0.417. The molecule has 1 aliphatic rings. The van der Waals surface area contributed by atoms with Crippen LogP contribution in [0.25, 0.3) is 0 Å². The van der Waals surface area contributed by atoms with E-state index in [1.807, 2.05) is 24.3 Å². The summed E-state index contributed by atoms with van der Waals surface area (Å²) in [5.41, 5.74) is 0.672. The summed E-state index contributed by atoms with van der Waals surface area (Å²) in [5, 5.41) is 9.21. The molecular weight excluding hydrogens is 210 g/mol. The van der Waals surface area contributed by atoms with Crippen LogP contribution in [0.1, 0.15) is 12.0 Å². The third-order valence-corrected chi connectivity index (χ3v) is 3.00. The van der Waals surface area contributed by atoms with Gasteiger partial charge in [-0.1, -0.05) is 18.2 Å². The highest BCUT2D eigenvalue weighted by Crippen LogP contribution is 2.36. The Morgan fingerprint density at radius 2 is 2.27 bits per heavy atom. The summed E-state index contributed by atoms with van der Waals surface area (Å²) in [5.74, 6) is 1.40. The lowest BCUT2D eigenvalue weighted by molar-refractivity contribution is 0.166. The summed E-state index contributed by atoms with van der Waals surface area (Å²) in [6, 6.07) is 10.2. The molecule has 0 spiro atoms. The Labute approximate surface area is 94.4 Å². The number of nitrogens with zero attached hydrogens (tertiary/aromatic N) is 1. The average molecular weight is 222 g/mol. The van der Waals surface area contributed by atoms with E-state index in [1.54, 1.807) is 0 Å². The van der Waals surface area contributed by atoms with Crippen molar-refractivity contribution in [3.05, 3.63) is 29.8 Å². The minimum Gasteiger partial charge on any atom is -0.492 e. The van der Waals surface area contributed by atoms with Crippen LogP contribution in [-0.2, 0) is 6.42 Å². The number of fused-ring (bicyclic) bond motifs is 1. The SMILES string of the molecule is N#CC1(CCCl)COc2ccccc2C1. The first kappa shape index (κ1) is 10.3.